The molecule has 1 aromatic heterocycles. The van der Waals surface area contributed by atoms with Gasteiger partial charge in [-0.15, -0.1) is 0 Å². The topological polar surface area (TPSA) is 55.3 Å². The predicted molar refractivity (Wildman–Crippen MR) is 86.8 cm³/mol. The average Bonchev–Trinajstić information content (AvgIpc) is 2.61. The van der Waals surface area contributed by atoms with Crippen LogP contribution in [0.25, 0.3) is 0 Å². The van der Waals surface area contributed by atoms with Crippen LogP contribution in [-0.4, -0.2) is 46.6 Å². The molecule has 1 aliphatic rings. The number of ether oxygens (including phenoxy) is 1. The molecule has 1 fully saturated rings. The zero-order valence-corrected chi connectivity index (χ0v) is 13.4. The van der Waals surface area contributed by atoms with Gasteiger partial charge in [0.1, 0.15) is 12.1 Å². The molecule has 1 aromatic carbocycles. The van der Waals surface area contributed by atoms with Gasteiger partial charge in [-0.1, -0.05) is 12.1 Å². The maximum Gasteiger partial charge on any atom is 0.227 e. The second kappa shape index (κ2) is 7.97. The van der Waals surface area contributed by atoms with Gasteiger partial charge in [-0.25, -0.2) is 14.4 Å². The third-order valence-electron chi connectivity index (χ3n) is 4.10. The second-order valence-electron chi connectivity index (χ2n) is 5.88. The maximum atomic E-state index is 13.2. The summed E-state index contributed by atoms with van der Waals surface area (Å²) in [5.41, 5.74) is 1.67. The lowest BCUT2D eigenvalue weighted by Gasteiger charge is -2.33. The molecule has 0 N–H and O–H groups in total. The van der Waals surface area contributed by atoms with Crippen LogP contribution >= 0.6 is 0 Å². The van der Waals surface area contributed by atoms with Crippen molar-refractivity contribution in [3.05, 3.63) is 59.9 Å². The van der Waals surface area contributed by atoms with Gasteiger partial charge in [0.05, 0.1) is 19.1 Å². The standard InChI is InChI=1S/C18H20FN3O2/c19-15-3-1-2-14(10-15)11-18(23)22-8-9-24-17(12-22)5-4-16-6-7-20-13-21-16/h1-3,6-7,10,13,17H,4-5,8-9,11-12H2/t17-/m0/s1. The number of morpholine rings is 1. The number of hydrogen-bond donors (Lipinski definition) is 0. The average molecular weight is 329 g/mol. The first kappa shape index (κ1) is 16.5. The van der Waals surface area contributed by atoms with Gasteiger partial charge in [0, 0.05) is 25.0 Å². The van der Waals surface area contributed by atoms with Gasteiger partial charge in [0.15, 0.2) is 0 Å². The first-order chi connectivity index (χ1) is 11.7. The molecule has 6 heteroatoms. The summed E-state index contributed by atoms with van der Waals surface area (Å²) in [5.74, 6) is -0.305. The number of hydrogen-bond acceptors (Lipinski definition) is 4. The molecule has 1 atom stereocenters. The molecular formula is C18H20FN3O2. The zero-order valence-electron chi connectivity index (χ0n) is 13.4. The molecule has 0 saturated carbocycles. The Bertz CT molecular complexity index is 681. The number of aromatic nitrogens is 2. The van der Waals surface area contributed by atoms with Crippen LogP contribution in [0.2, 0.25) is 0 Å². The minimum absolute atomic E-state index is 0.00479. The Balaban J connectivity index is 1.52. The van der Waals surface area contributed by atoms with Crippen LogP contribution in [0.3, 0.4) is 0 Å². The summed E-state index contributed by atoms with van der Waals surface area (Å²) in [6.07, 6.45) is 5.08. The highest BCUT2D eigenvalue weighted by Crippen LogP contribution is 2.13. The second-order valence-corrected chi connectivity index (χ2v) is 5.88. The SMILES string of the molecule is O=C(Cc1cccc(F)c1)N1CCO[C@@H](CCc2ccncn2)C1. The molecule has 3 rings (SSSR count). The van der Waals surface area contributed by atoms with E-state index in [9.17, 15) is 9.18 Å². The third-order valence-corrected chi connectivity index (χ3v) is 4.10. The number of amides is 1. The summed E-state index contributed by atoms with van der Waals surface area (Å²) < 4.78 is 19.0. The lowest BCUT2D eigenvalue weighted by molar-refractivity contribution is -0.138. The van der Waals surface area contributed by atoms with Crippen molar-refractivity contribution in [1.82, 2.24) is 14.9 Å². The molecule has 1 saturated heterocycles. The van der Waals surface area contributed by atoms with Crippen LogP contribution in [0, 0.1) is 5.82 Å². The Morgan fingerprint density at radius 2 is 2.29 bits per heavy atom. The van der Waals surface area contributed by atoms with Gasteiger partial charge >= 0.3 is 0 Å². The predicted octanol–water partition coefficient (Wildman–Crippen LogP) is 2.02. The highest BCUT2D eigenvalue weighted by molar-refractivity contribution is 5.78. The molecule has 0 spiro atoms. The number of halogens is 1. The fourth-order valence-electron chi connectivity index (χ4n) is 2.83. The van der Waals surface area contributed by atoms with Crippen LogP contribution in [0.4, 0.5) is 4.39 Å². The van der Waals surface area contributed by atoms with E-state index >= 15 is 0 Å². The molecule has 2 aromatic rings. The van der Waals surface area contributed by atoms with Crippen molar-refractivity contribution >= 4 is 5.91 Å². The van der Waals surface area contributed by atoms with Gasteiger partial charge in [-0.2, -0.15) is 0 Å². The number of rotatable bonds is 5. The van der Waals surface area contributed by atoms with Gasteiger partial charge in [0.2, 0.25) is 5.91 Å². The summed E-state index contributed by atoms with van der Waals surface area (Å²) in [5, 5.41) is 0. The minimum Gasteiger partial charge on any atom is -0.375 e. The number of carbonyl (C=O) groups excluding carboxylic acids is 1. The van der Waals surface area contributed by atoms with Crippen LogP contribution < -0.4 is 0 Å². The largest absolute Gasteiger partial charge is 0.375 e. The van der Waals surface area contributed by atoms with E-state index in [4.69, 9.17) is 4.74 Å². The van der Waals surface area contributed by atoms with E-state index in [2.05, 4.69) is 9.97 Å². The highest BCUT2D eigenvalue weighted by atomic mass is 19.1. The van der Waals surface area contributed by atoms with E-state index in [0.717, 1.165) is 18.5 Å². The van der Waals surface area contributed by atoms with E-state index in [1.54, 1.807) is 23.2 Å². The monoisotopic (exact) mass is 329 g/mol. The van der Waals surface area contributed by atoms with E-state index < -0.39 is 0 Å². The summed E-state index contributed by atoms with van der Waals surface area (Å²) in [6.45, 7) is 1.68. The number of benzene rings is 1. The molecule has 1 amide bonds. The number of nitrogens with zero attached hydrogens (tertiary/aromatic N) is 3. The molecule has 0 radical (unpaired) electrons. The molecule has 2 heterocycles. The molecule has 24 heavy (non-hydrogen) atoms. The lowest BCUT2D eigenvalue weighted by Crippen LogP contribution is -2.46. The van der Waals surface area contributed by atoms with Crippen molar-refractivity contribution in [2.24, 2.45) is 0 Å². The normalized spacial score (nSPS) is 17.7. The summed E-state index contributed by atoms with van der Waals surface area (Å²) in [4.78, 5) is 22.3. The lowest BCUT2D eigenvalue weighted by atomic mass is 10.1. The van der Waals surface area contributed by atoms with E-state index in [-0.39, 0.29) is 24.2 Å². The fourth-order valence-corrected chi connectivity index (χ4v) is 2.83. The molecule has 126 valence electrons. The number of aryl methyl sites for hydroxylation is 1. The van der Waals surface area contributed by atoms with Crippen molar-refractivity contribution in [3.63, 3.8) is 0 Å². The molecule has 0 aliphatic carbocycles. The molecule has 0 bridgehead atoms. The Hall–Kier alpha value is -2.34. The van der Waals surface area contributed by atoms with Crippen LogP contribution in [0.5, 0.6) is 0 Å². The Morgan fingerprint density at radius 1 is 1.38 bits per heavy atom. The van der Waals surface area contributed by atoms with Crippen molar-refractivity contribution in [2.75, 3.05) is 19.7 Å². The van der Waals surface area contributed by atoms with Crippen molar-refractivity contribution < 1.29 is 13.9 Å². The summed E-state index contributed by atoms with van der Waals surface area (Å²) in [6, 6.07) is 8.07. The summed E-state index contributed by atoms with van der Waals surface area (Å²) in [7, 11) is 0. The number of carbonyl (C=O) groups is 1. The zero-order chi connectivity index (χ0) is 16.8. The van der Waals surface area contributed by atoms with Crippen molar-refractivity contribution in [2.45, 2.75) is 25.4 Å². The fraction of sp³-hybridized carbons (Fsp3) is 0.389. The quantitative estimate of drug-likeness (QED) is 0.842. The van der Waals surface area contributed by atoms with Gasteiger partial charge < -0.3 is 9.64 Å². The van der Waals surface area contributed by atoms with E-state index in [0.29, 0.717) is 25.3 Å². The molecule has 1 aliphatic heterocycles. The Kier molecular flexibility index (Phi) is 5.48. The smallest absolute Gasteiger partial charge is 0.227 e. The maximum absolute atomic E-state index is 13.2. The Morgan fingerprint density at radius 3 is 3.08 bits per heavy atom. The highest BCUT2D eigenvalue weighted by Gasteiger charge is 2.24. The Labute approximate surface area is 140 Å². The first-order valence-electron chi connectivity index (χ1n) is 8.09. The third kappa shape index (κ3) is 4.58. The first-order valence-corrected chi connectivity index (χ1v) is 8.09. The van der Waals surface area contributed by atoms with Gasteiger partial charge in [-0.05, 0) is 36.6 Å². The van der Waals surface area contributed by atoms with E-state index in [1.807, 2.05) is 6.07 Å². The van der Waals surface area contributed by atoms with Gasteiger partial charge in [-0.3, -0.25) is 4.79 Å². The van der Waals surface area contributed by atoms with Crippen LogP contribution in [0.1, 0.15) is 17.7 Å². The van der Waals surface area contributed by atoms with E-state index in [1.165, 1.54) is 18.5 Å². The van der Waals surface area contributed by atoms with Crippen molar-refractivity contribution in [1.29, 1.82) is 0 Å². The van der Waals surface area contributed by atoms with Crippen molar-refractivity contribution in [3.8, 4) is 0 Å². The minimum atomic E-state index is -0.315. The van der Waals surface area contributed by atoms with Crippen LogP contribution in [0.15, 0.2) is 42.9 Å². The van der Waals surface area contributed by atoms with Gasteiger partial charge in [0.25, 0.3) is 0 Å². The molecule has 0 unspecified atom stereocenters. The summed E-state index contributed by atoms with van der Waals surface area (Å²) >= 11 is 0. The van der Waals surface area contributed by atoms with Crippen LogP contribution in [-0.2, 0) is 22.4 Å². The molecular weight excluding hydrogens is 309 g/mol. The molecule has 5 nitrogen and oxygen atoms in total.